The van der Waals surface area contributed by atoms with Crippen molar-refractivity contribution in [2.45, 2.75) is 98.4 Å². The Morgan fingerprint density at radius 2 is 1.60 bits per heavy atom. The summed E-state index contributed by atoms with van der Waals surface area (Å²) in [4.78, 5) is 47.4. The Bertz CT molecular complexity index is 2410. The number of nitrogens with one attached hydrogen (secondary N) is 1. The van der Waals surface area contributed by atoms with E-state index in [-0.39, 0.29) is 55.9 Å². The van der Waals surface area contributed by atoms with Gasteiger partial charge in [-0.3, -0.25) is 14.4 Å². The number of rotatable bonds is 2. The van der Waals surface area contributed by atoms with Crippen molar-refractivity contribution in [3.63, 3.8) is 0 Å². The number of allylic oxidation sites excluding steroid dienone is 2. The van der Waals surface area contributed by atoms with Crippen LogP contribution < -0.4 is 15.5 Å². The Labute approximate surface area is 330 Å². The lowest BCUT2D eigenvalue weighted by Gasteiger charge is -2.36. The summed E-state index contributed by atoms with van der Waals surface area (Å²) in [6.07, 6.45) is 3.61. The fourth-order valence-corrected chi connectivity index (χ4v) is 7.79. The van der Waals surface area contributed by atoms with Crippen molar-refractivity contribution in [3.05, 3.63) is 81.3 Å². The topological polar surface area (TPSA) is 198 Å². The Morgan fingerprint density at radius 1 is 0.930 bits per heavy atom. The number of ketones is 1. The van der Waals surface area contributed by atoms with Gasteiger partial charge in [-0.2, -0.15) is 0 Å². The van der Waals surface area contributed by atoms with Crippen LogP contribution in [0.15, 0.2) is 63.6 Å². The van der Waals surface area contributed by atoms with Gasteiger partial charge in [0.05, 0.1) is 41.6 Å². The minimum absolute atomic E-state index is 0.0183. The minimum Gasteiger partial charge on any atom is -0.505 e. The van der Waals surface area contributed by atoms with E-state index in [0.29, 0.717) is 11.1 Å². The molecule has 13 nitrogen and oxygen atoms in total. The van der Waals surface area contributed by atoms with Crippen molar-refractivity contribution in [2.75, 3.05) is 12.4 Å². The highest BCUT2D eigenvalue weighted by Gasteiger charge is 2.49. The number of aliphatic hydroxyl groups excluding tert-OH is 3. The first-order valence-electron chi connectivity index (χ1n) is 19.2. The number of aliphatic hydroxyl groups is 3. The third-order valence-electron chi connectivity index (χ3n) is 11.8. The van der Waals surface area contributed by atoms with E-state index in [1.165, 1.54) is 39.4 Å². The Morgan fingerprint density at radius 3 is 2.26 bits per heavy atom. The maximum Gasteiger partial charge on any atom is 0.312 e. The standard InChI is InChI=1S/C44H52N2O11/c1-19(2)26-14-15-27-29(18-26)56-41-33(45-27)30-31-38(50)25(8)40-32(30)42(52)44(9,57-40)55-17-16-28(54-10)22(5)36(48)24(7)37(49)23(6)35(47)20(3)12-11-13-21(4)43(53)46-34(41)39(31)51/h11-20,22-24,28,35-37,47-49,51H,1-10H3,(H,46,53)/b12-11+,17-16+,21-13-/t20-,22+,23+,24-,28-,35-,36+,37+,44-/m0/s1. The first kappa shape index (κ1) is 41.6. The Balaban J connectivity index is 1.60. The lowest BCUT2D eigenvalue weighted by molar-refractivity contribution is -0.112. The average molecular weight is 785 g/mol. The van der Waals surface area contributed by atoms with Gasteiger partial charge >= 0.3 is 5.79 Å². The van der Waals surface area contributed by atoms with Gasteiger partial charge in [0.1, 0.15) is 22.5 Å². The number of aromatic nitrogens is 1. The molecule has 2 aliphatic rings. The van der Waals surface area contributed by atoms with Gasteiger partial charge in [-0.15, -0.1) is 0 Å². The smallest absolute Gasteiger partial charge is 0.312 e. The van der Waals surface area contributed by atoms with Crippen LogP contribution in [0.3, 0.4) is 0 Å². The molecule has 0 fully saturated rings. The van der Waals surface area contributed by atoms with E-state index in [4.69, 9.17) is 23.6 Å². The summed E-state index contributed by atoms with van der Waals surface area (Å²) < 4.78 is 24.3. The van der Waals surface area contributed by atoms with Crippen molar-refractivity contribution in [1.29, 1.82) is 0 Å². The van der Waals surface area contributed by atoms with E-state index < -0.39 is 76.7 Å². The SMILES string of the molecule is CO[C@H]1/C=C/O[C@@]2(C)Oc3c(C)c(=O)c4c(O)c(c5oc6cc(C(C)C)ccc6nc5c4c3C2=O)NC(=O)/C(C)=C\C=C\[C@H](C)[C@H](O)[C@@H](C)[C@@H](O)[C@@H](C)[C@H](O)[C@@H]1C. The number of fused-ring (bicyclic) bond motifs is 2. The number of phenols is 1. The zero-order valence-corrected chi connectivity index (χ0v) is 33.9. The first-order chi connectivity index (χ1) is 26.8. The quantitative estimate of drug-likeness (QED) is 0.0836. The lowest BCUT2D eigenvalue weighted by Crippen LogP contribution is -2.44. The van der Waals surface area contributed by atoms with E-state index in [2.05, 4.69) is 5.32 Å². The van der Waals surface area contributed by atoms with Crippen LogP contribution in [0, 0.1) is 30.6 Å². The zero-order chi connectivity index (χ0) is 41.8. The van der Waals surface area contributed by atoms with Gasteiger partial charge in [-0.25, -0.2) is 4.98 Å². The predicted octanol–water partition coefficient (Wildman–Crippen LogP) is 6.55. The molecule has 1 aromatic heterocycles. The van der Waals surface area contributed by atoms with Crippen LogP contribution in [0.2, 0.25) is 0 Å². The van der Waals surface area contributed by atoms with Crippen LogP contribution in [-0.2, 0) is 14.3 Å². The van der Waals surface area contributed by atoms with Crippen LogP contribution in [0.25, 0.3) is 33.0 Å². The molecule has 13 heteroatoms. The van der Waals surface area contributed by atoms with Gasteiger partial charge in [0.2, 0.25) is 0 Å². The summed E-state index contributed by atoms with van der Waals surface area (Å²) in [6, 6.07) is 5.46. The van der Waals surface area contributed by atoms with Gasteiger partial charge in [-0.1, -0.05) is 65.8 Å². The lowest BCUT2D eigenvalue weighted by atomic mass is 9.78. The number of methoxy groups -OCH3 is 1. The molecule has 304 valence electrons. The molecule has 0 unspecified atom stereocenters. The minimum atomic E-state index is -1.99. The molecule has 0 spiro atoms. The van der Waals surface area contributed by atoms with Crippen molar-refractivity contribution >= 4 is 50.3 Å². The number of hydrogen-bond acceptors (Lipinski definition) is 12. The van der Waals surface area contributed by atoms with Crippen molar-refractivity contribution in [3.8, 4) is 11.5 Å². The number of anilines is 1. The molecule has 57 heavy (non-hydrogen) atoms. The van der Waals surface area contributed by atoms with Gasteiger partial charge < -0.3 is 44.4 Å². The molecule has 4 bridgehead atoms. The summed E-state index contributed by atoms with van der Waals surface area (Å²) in [5, 5.41) is 48.3. The van der Waals surface area contributed by atoms with Crippen molar-refractivity contribution < 1.29 is 48.6 Å². The molecule has 3 aromatic carbocycles. The summed E-state index contributed by atoms with van der Waals surface area (Å²) >= 11 is 0. The second-order valence-electron chi connectivity index (χ2n) is 16.0. The van der Waals surface area contributed by atoms with Gasteiger partial charge in [0, 0.05) is 54.2 Å². The molecule has 0 saturated heterocycles. The predicted molar refractivity (Wildman–Crippen MR) is 216 cm³/mol. The number of Topliss-reactive ketones (excluding diaryl/α,β-unsaturated/α-hetero) is 1. The Kier molecular flexibility index (Phi) is 11.4. The number of hydrogen-bond donors (Lipinski definition) is 5. The van der Waals surface area contributed by atoms with E-state index in [9.17, 15) is 34.8 Å². The molecule has 5 N–H and O–H groups in total. The van der Waals surface area contributed by atoms with Crippen LogP contribution in [0.5, 0.6) is 11.5 Å². The summed E-state index contributed by atoms with van der Waals surface area (Å²) in [5.41, 5.74) is 0.907. The van der Waals surface area contributed by atoms with Crippen LogP contribution in [0.4, 0.5) is 5.69 Å². The van der Waals surface area contributed by atoms with Crippen LogP contribution >= 0.6 is 0 Å². The second-order valence-corrected chi connectivity index (χ2v) is 16.0. The molecule has 0 saturated carbocycles. The summed E-state index contributed by atoms with van der Waals surface area (Å²) in [6.45, 7) is 15.4. The normalized spacial score (nSPS) is 31.0. The summed E-state index contributed by atoms with van der Waals surface area (Å²) in [7, 11) is 1.45. The van der Waals surface area contributed by atoms with Gasteiger partial charge in [0.15, 0.2) is 22.3 Å². The molecule has 9 atom stereocenters. The molecule has 1 amide bonds. The number of aromatic hydroxyl groups is 1. The number of phenolic OH excluding ortho intramolecular Hbond substituents is 1. The molecule has 6 rings (SSSR count). The molecule has 0 radical (unpaired) electrons. The number of benzene rings is 3. The second kappa shape index (κ2) is 15.7. The maximum atomic E-state index is 14.5. The molecular formula is C44H52N2O11. The average Bonchev–Trinajstić information content (AvgIpc) is 3.45. The third-order valence-corrected chi connectivity index (χ3v) is 11.8. The van der Waals surface area contributed by atoms with Crippen molar-refractivity contribution in [1.82, 2.24) is 4.98 Å². The highest BCUT2D eigenvalue weighted by molar-refractivity contribution is 6.26. The van der Waals surface area contributed by atoms with Crippen LogP contribution in [-0.4, -0.2) is 74.4 Å². The molecular weight excluding hydrogens is 732 g/mol. The number of carbonyl (C=O) groups excluding carboxylic acids is 2. The Hall–Kier alpha value is -5.08. The molecule has 3 heterocycles. The first-order valence-corrected chi connectivity index (χ1v) is 19.2. The number of carbonyl (C=O) groups is 2. The van der Waals surface area contributed by atoms with E-state index in [1.54, 1.807) is 52.8 Å². The van der Waals surface area contributed by atoms with E-state index >= 15 is 0 Å². The highest BCUT2D eigenvalue weighted by Crippen LogP contribution is 2.48. The van der Waals surface area contributed by atoms with Gasteiger partial charge in [-0.05, 0) is 43.5 Å². The fourth-order valence-electron chi connectivity index (χ4n) is 7.79. The fraction of sp³-hybridized carbons (Fsp3) is 0.455. The van der Waals surface area contributed by atoms with Crippen molar-refractivity contribution in [2.24, 2.45) is 23.7 Å². The molecule has 4 aromatic rings. The largest absolute Gasteiger partial charge is 0.505 e. The molecule has 2 aliphatic heterocycles. The van der Waals surface area contributed by atoms with Crippen LogP contribution in [0.1, 0.15) is 82.8 Å². The van der Waals surface area contributed by atoms with E-state index in [0.717, 1.165) is 5.56 Å². The molecule has 0 aliphatic carbocycles. The zero-order valence-electron chi connectivity index (χ0n) is 33.9. The van der Waals surface area contributed by atoms with Gasteiger partial charge in [0.25, 0.3) is 11.7 Å². The monoisotopic (exact) mass is 784 g/mol. The summed E-state index contributed by atoms with van der Waals surface area (Å²) in [5.74, 6) is -6.24. The highest BCUT2D eigenvalue weighted by atomic mass is 16.7. The maximum absolute atomic E-state index is 14.5. The number of ether oxygens (including phenoxy) is 3. The number of nitrogens with zero attached hydrogens (tertiary/aromatic N) is 1. The van der Waals surface area contributed by atoms with E-state index in [1.807, 2.05) is 26.0 Å². The number of amides is 1. The third kappa shape index (κ3) is 7.22.